The Labute approximate surface area is 187 Å². The van der Waals surface area contributed by atoms with Gasteiger partial charge >= 0.3 is 0 Å². The molecule has 0 bridgehead atoms. The van der Waals surface area contributed by atoms with Crippen LogP contribution in [0.4, 0.5) is 0 Å². The average molecular weight is 439 g/mol. The molecule has 0 aliphatic rings. The quantitative estimate of drug-likeness (QED) is 0.428. The molecular formula is C24H27ClN4O2. The second kappa shape index (κ2) is 9.79. The van der Waals surface area contributed by atoms with Crippen LogP contribution < -0.4 is 10.2 Å². The first-order chi connectivity index (χ1) is 14.7. The van der Waals surface area contributed by atoms with E-state index in [-0.39, 0.29) is 17.9 Å². The fourth-order valence-electron chi connectivity index (χ4n) is 2.98. The summed E-state index contributed by atoms with van der Waals surface area (Å²) in [5, 5.41) is 8.93. The third-order valence-electron chi connectivity index (χ3n) is 4.76. The van der Waals surface area contributed by atoms with E-state index in [0.717, 1.165) is 11.3 Å². The Kier molecular flexibility index (Phi) is 7.13. The van der Waals surface area contributed by atoms with Gasteiger partial charge < -0.3 is 4.74 Å². The lowest BCUT2D eigenvalue weighted by Crippen LogP contribution is -2.24. The van der Waals surface area contributed by atoms with Gasteiger partial charge in [0.2, 0.25) is 0 Å². The number of hydrogen-bond acceptors (Lipinski definition) is 4. The van der Waals surface area contributed by atoms with Gasteiger partial charge in [0, 0.05) is 0 Å². The average Bonchev–Trinajstić information content (AvgIpc) is 3.00. The van der Waals surface area contributed by atoms with E-state index in [9.17, 15) is 4.79 Å². The lowest BCUT2D eigenvalue weighted by Gasteiger charge is -2.19. The Morgan fingerprint density at radius 1 is 1.16 bits per heavy atom. The van der Waals surface area contributed by atoms with Gasteiger partial charge in [0.15, 0.2) is 6.61 Å². The molecule has 1 amide bonds. The maximum absolute atomic E-state index is 12.0. The third-order valence-corrected chi connectivity index (χ3v) is 5.16. The van der Waals surface area contributed by atoms with Crippen LogP contribution in [-0.2, 0) is 16.8 Å². The van der Waals surface area contributed by atoms with Gasteiger partial charge in [-0.05, 0) is 35.6 Å². The summed E-state index contributed by atoms with van der Waals surface area (Å²) in [6.07, 6.45) is 1.50. The molecule has 0 atom stereocenters. The highest BCUT2D eigenvalue weighted by Crippen LogP contribution is 2.24. The lowest BCUT2D eigenvalue weighted by atomic mass is 9.87. The smallest absolute Gasteiger partial charge is 0.277 e. The van der Waals surface area contributed by atoms with Crippen molar-refractivity contribution in [2.75, 3.05) is 6.61 Å². The highest BCUT2D eigenvalue weighted by molar-refractivity contribution is 6.32. The van der Waals surface area contributed by atoms with E-state index in [0.29, 0.717) is 23.0 Å². The van der Waals surface area contributed by atoms with Crippen LogP contribution >= 0.6 is 11.6 Å². The molecule has 0 saturated heterocycles. The molecule has 7 heteroatoms. The molecule has 0 fully saturated rings. The molecule has 0 radical (unpaired) electrons. The molecule has 3 rings (SSSR count). The molecule has 162 valence electrons. The first-order valence-corrected chi connectivity index (χ1v) is 10.4. The third kappa shape index (κ3) is 6.18. The van der Waals surface area contributed by atoms with Crippen LogP contribution in [-0.4, -0.2) is 28.5 Å². The van der Waals surface area contributed by atoms with Crippen LogP contribution in [0.5, 0.6) is 5.75 Å². The second-order valence-electron chi connectivity index (χ2n) is 8.29. The van der Waals surface area contributed by atoms with Crippen molar-refractivity contribution in [1.82, 2.24) is 15.2 Å². The maximum Gasteiger partial charge on any atom is 0.277 e. The SMILES string of the molecule is Cc1nn(Cc2ccccc2)c(Cl)c1C=NNC(=O)COc1ccc(C(C)(C)C)cc1. The predicted molar refractivity (Wildman–Crippen MR) is 124 cm³/mol. The Hall–Kier alpha value is -3.12. The van der Waals surface area contributed by atoms with Gasteiger partial charge in [-0.15, -0.1) is 0 Å². The number of nitrogens with zero attached hydrogens (tertiary/aromatic N) is 3. The Morgan fingerprint density at radius 2 is 1.84 bits per heavy atom. The minimum absolute atomic E-state index is 0.0684. The molecular weight excluding hydrogens is 412 g/mol. The van der Waals surface area contributed by atoms with Crippen molar-refractivity contribution in [3.8, 4) is 5.75 Å². The summed E-state index contributed by atoms with van der Waals surface area (Å²) < 4.78 is 7.24. The molecule has 1 aromatic heterocycles. The highest BCUT2D eigenvalue weighted by atomic mass is 35.5. The normalized spacial score (nSPS) is 11.6. The van der Waals surface area contributed by atoms with Crippen LogP contribution in [0.25, 0.3) is 0 Å². The zero-order valence-electron chi connectivity index (χ0n) is 18.2. The highest BCUT2D eigenvalue weighted by Gasteiger charge is 2.14. The van der Waals surface area contributed by atoms with Crippen LogP contribution in [0, 0.1) is 6.92 Å². The first kappa shape index (κ1) is 22.6. The zero-order valence-corrected chi connectivity index (χ0v) is 19.0. The van der Waals surface area contributed by atoms with E-state index in [1.165, 1.54) is 11.8 Å². The standard InChI is InChI=1S/C24H27ClN4O2/c1-17-21(23(25)29(28-17)15-18-8-6-5-7-9-18)14-26-27-22(30)16-31-20-12-10-19(11-13-20)24(2,3)4/h5-14H,15-16H2,1-4H3,(H,27,30). The number of hydrogen-bond donors (Lipinski definition) is 1. The molecule has 0 aliphatic heterocycles. The molecule has 0 unspecified atom stereocenters. The number of aromatic nitrogens is 2. The second-order valence-corrected chi connectivity index (χ2v) is 8.65. The summed E-state index contributed by atoms with van der Waals surface area (Å²) >= 11 is 6.45. The topological polar surface area (TPSA) is 68.5 Å². The van der Waals surface area contributed by atoms with E-state index >= 15 is 0 Å². The van der Waals surface area contributed by atoms with E-state index < -0.39 is 0 Å². The molecule has 0 aliphatic carbocycles. The number of rotatable bonds is 7. The van der Waals surface area contributed by atoms with Crippen molar-refractivity contribution in [2.24, 2.45) is 5.10 Å². The van der Waals surface area contributed by atoms with Gasteiger partial charge in [-0.1, -0.05) is 74.8 Å². The van der Waals surface area contributed by atoms with Gasteiger partial charge in [0.1, 0.15) is 10.9 Å². The maximum atomic E-state index is 12.0. The number of amides is 1. The van der Waals surface area contributed by atoms with E-state index in [1.54, 1.807) is 4.68 Å². The zero-order chi connectivity index (χ0) is 22.4. The first-order valence-electron chi connectivity index (χ1n) is 10.1. The number of aryl methyl sites for hydroxylation is 1. The molecule has 0 saturated carbocycles. The van der Waals surface area contributed by atoms with Crippen LogP contribution in [0.2, 0.25) is 5.15 Å². The predicted octanol–water partition coefficient (Wildman–Crippen LogP) is 4.72. The number of hydrazone groups is 1. The van der Waals surface area contributed by atoms with Crippen molar-refractivity contribution in [1.29, 1.82) is 0 Å². The monoisotopic (exact) mass is 438 g/mol. The number of benzene rings is 2. The van der Waals surface area contributed by atoms with Gasteiger partial charge in [0.05, 0.1) is 24.0 Å². The molecule has 1 heterocycles. The van der Waals surface area contributed by atoms with Gasteiger partial charge in [0.25, 0.3) is 5.91 Å². The molecule has 1 N–H and O–H groups in total. The molecule has 3 aromatic rings. The van der Waals surface area contributed by atoms with Crippen molar-refractivity contribution < 1.29 is 9.53 Å². The van der Waals surface area contributed by atoms with Crippen molar-refractivity contribution in [2.45, 2.75) is 39.7 Å². The number of nitrogens with one attached hydrogen (secondary N) is 1. The van der Waals surface area contributed by atoms with Crippen molar-refractivity contribution >= 4 is 23.7 Å². The minimum Gasteiger partial charge on any atom is -0.484 e. The van der Waals surface area contributed by atoms with E-state index in [1.807, 2.05) is 61.5 Å². The molecule has 2 aromatic carbocycles. The van der Waals surface area contributed by atoms with E-state index in [4.69, 9.17) is 16.3 Å². The fraction of sp³-hybridized carbons (Fsp3) is 0.292. The summed E-state index contributed by atoms with van der Waals surface area (Å²) in [6, 6.07) is 17.7. The Balaban J connectivity index is 1.54. The van der Waals surface area contributed by atoms with Crippen LogP contribution in [0.15, 0.2) is 59.7 Å². The Bertz CT molecular complexity index is 1050. The largest absolute Gasteiger partial charge is 0.484 e. The lowest BCUT2D eigenvalue weighted by molar-refractivity contribution is -0.123. The summed E-state index contributed by atoms with van der Waals surface area (Å²) in [5.74, 6) is 0.273. The molecule has 31 heavy (non-hydrogen) atoms. The van der Waals surface area contributed by atoms with Crippen LogP contribution in [0.3, 0.4) is 0 Å². The number of carbonyl (C=O) groups is 1. The summed E-state index contributed by atoms with van der Waals surface area (Å²) in [6.45, 7) is 8.71. The fourth-order valence-corrected chi connectivity index (χ4v) is 3.26. The van der Waals surface area contributed by atoms with Gasteiger partial charge in [-0.25, -0.2) is 10.1 Å². The Morgan fingerprint density at radius 3 is 2.48 bits per heavy atom. The van der Waals surface area contributed by atoms with Gasteiger partial charge in [-0.3, -0.25) is 4.79 Å². The van der Waals surface area contributed by atoms with Crippen molar-refractivity contribution in [3.63, 3.8) is 0 Å². The van der Waals surface area contributed by atoms with E-state index in [2.05, 4.69) is 36.4 Å². The molecule has 0 spiro atoms. The summed E-state index contributed by atoms with van der Waals surface area (Å²) in [5.41, 5.74) is 6.22. The summed E-state index contributed by atoms with van der Waals surface area (Å²) in [7, 11) is 0. The van der Waals surface area contributed by atoms with Crippen LogP contribution in [0.1, 0.15) is 43.2 Å². The number of carbonyl (C=O) groups excluding carboxylic acids is 1. The summed E-state index contributed by atoms with van der Waals surface area (Å²) in [4.78, 5) is 12.0. The molecule has 6 nitrogen and oxygen atoms in total. The van der Waals surface area contributed by atoms with Gasteiger partial charge in [-0.2, -0.15) is 10.2 Å². The number of ether oxygens (including phenoxy) is 1. The number of halogens is 1. The van der Waals surface area contributed by atoms with Crippen molar-refractivity contribution in [3.05, 3.63) is 82.1 Å². The minimum atomic E-state index is -0.360.